The minimum absolute atomic E-state index is 0.112. The Morgan fingerprint density at radius 3 is 2.85 bits per heavy atom. The van der Waals surface area contributed by atoms with Crippen molar-refractivity contribution in [3.05, 3.63) is 64.6 Å². The van der Waals surface area contributed by atoms with Crippen molar-refractivity contribution in [1.29, 1.82) is 0 Å². The smallest absolute Gasteiger partial charge is 0.321 e. The quantitative estimate of drug-likeness (QED) is 0.596. The summed E-state index contributed by atoms with van der Waals surface area (Å²) in [5.41, 5.74) is 2.14. The third kappa shape index (κ3) is 5.45. The van der Waals surface area contributed by atoms with Gasteiger partial charge in [0.15, 0.2) is 5.16 Å². The van der Waals surface area contributed by atoms with Crippen LogP contribution in [0, 0.1) is 6.92 Å². The molecule has 3 aromatic rings. The summed E-state index contributed by atoms with van der Waals surface area (Å²) < 4.78 is 1.94. The van der Waals surface area contributed by atoms with E-state index in [1.807, 2.05) is 59.5 Å². The van der Waals surface area contributed by atoms with E-state index in [9.17, 15) is 9.59 Å². The second kappa shape index (κ2) is 9.38. The van der Waals surface area contributed by atoms with Gasteiger partial charge in [0, 0.05) is 23.8 Å². The molecule has 0 saturated heterocycles. The van der Waals surface area contributed by atoms with E-state index in [2.05, 4.69) is 15.6 Å². The molecule has 2 aromatic heterocycles. The Morgan fingerprint density at radius 1 is 1.22 bits per heavy atom. The first-order valence-corrected chi connectivity index (χ1v) is 10.3. The van der Waals surface area contributed by atoms with Crippen LogP contribution in [0.4, 0.5) is 4.79 Å². The number of thiophene rings is 1. The van der Waals surface area contributed by atoms with Crippen LogP contribution in [0.5, 0.6) is 0 Å². The van der Waals surface area contributed by atoms with Gasteiger partial charge >= 0.3 is 6.03 Å². The molecule has 0 atom stereocenters. The molecular weight excluding hydrogens is 380 g/mol. The SMILES string of the molecule is Cc1ccccc1-n1ccnc1SCC(=O)NC(=O)NCCc1cccs1. The van der Waals surface area contributed by atoms with Gasteiger partial charge < -0.3 is 5.32 Å². The number of aromatic nitrogens is 2. The fourth-order valence-corrected chi connectivity index (χ4v) is 3.98. The van der Waals surface area contributed by atoms with E-state index in [-0.39, 0.29) is 11.7 Å². The number of para-hydroxylation sites is 1. The van der Waals surface area contributed by atoms with E-state index in [1.165, 1.54) is 16.6 Å². The lowest BCUT2D eigenvalue weighted by Crippen LogP contribution is -2.41. The number of nitrogens with zero attached hydrogens (tertiary/aromatic N) is 2. The van der Waals surface area contributed by atoms with Gasteiger partial charge in [0.1, 0.15) is 0 Å². The second-order valence-electron chi connectivity index (χ2n) is 5.79. The van der Waals surface area contributed by atoms with Crippen LogP contribution in [-0.4, -0.2) is 33.8 Å². The average molecular weight is 401 g/mol. The molecule has 3 rings (SSSR count). The number of carbonyl (C=O) groups excluding carboxylic acids is 2. The van der Waals surface area contributed by atoms with E-state index in [4.69, 9.17) is 0 Å². The molecule has 0 spiro atoms. The zero-order valence-corrected chi connectivity index (χ0v) is 16.5. The first-order chi connectivity index (χ1) is 13.1. The Morgan fingerprint density at radius 2 is 2.07 bits per heavy atom. The van der Waals surface area contributed by atoms with Gasteiger partial charge in [-0.3, -0.25) is 14.7 Å². The maximum atomic E-state index is 12.0. The van der Waals surface area contributed by atoms with Gasteiger partial charge in [-0.1, -0.05) is 36.0 Å². The van der Waals surface area contributed by atoms with Crippen LogP contribution in [0.25, 0.3) is 5.69 Å². The molecule has 8 heteroatoms. The van der Waals surface area contributed by atoms with Gasteiger partial charge in [-0.2, -0.15) is 0 Å². The van der Waals surface area contributed by atoms with E-state index < -0.39 is 6.03 Å². The summed E-state index contributed by atoms with van der Waals surface area (Å²) in [6, 6.07) is 11.5. The average Bonchev–Trinajstić information content (AvgIpc) is 3.32. The molecule has 140 valence electrons. The van der Waals surface area contributed by atoms with E-state index in [0.717, 1.165) is 17.7 Å². The lowest BCUT2D eigenvalue weighted by Gasteiger charge is -2.10. The minimum Gasteiger partial charge on any atom is -0.337 e. The fraction of sp³-hybridized carbons (Fsp3) is 0.211. The molecule has 0 unspecified atom stereocenters. The van der Waals surface area contributed by atoms with Crippen LogP contribution in [0.2, 0.25) is 0 Å². The Hall–Kier alpha value is -2.58. The number of aryl methyl sites for hydroxylation is 1. The maximum absolute atomic E-state index is 12.0. The molecule has 6 nitrogen and oxygen atoms in total. The Balaban J connectivity index is 1.46. The van der Waals surface area contributed by atoms with Crippen LogP contribution >= 0.6 is 23.1 Å². The summed E-state index contributed by atoms with van der Waals surface area (Å²) in [6.07, 6.45) is 4.31. The summed E-state index contributed by atoms with van der Waals surface area (Å²) in [5.74, 6) is -0.241. The number of hydrogen-bond acceptors (Lipinski definition) is 5. The second-order valence-corrected chi connectivity index (χ2v) is 7.76. The summed E-state index contributed by atoms with van der Waals surface area (Å²) in [5, 5.41) is 7.75. The molecule has 3 amide bonds. The van der Waals surface area contributed by atoms with Crippen LogP contribution in [0.3, 0.4) is 0 Å². The van der Waals surface area contributed by atoms with Crippen LogP contribution in [0.1, 0.15) is 10.4 Å². The molecule has 0 radical (unpaired) electrons. The van der Waals surface area contributed by atoms with Gasteiger partial charge in [-0.15, -0.1) is 11.3 Å². The maximum Gasteiger partial charge on any atom is 0.321 e. The summed E-state index contributed by atoms with van der Waals surface area (Å²) in [4.78, 5) is 29.3. The molecule has 0 saturated carbocycles. The van der Waals surface area contributed by atoms with E-state index >= 15 is 0 Å². The Kier molecular flexibility index (Phi) is 6.67. The highest BCUT2D eigenvalue weighted by Crippen LogP contribution is 2.22. The molecule has 0 aliphatic rings. The molecular formula is C19H20N4O2S2. The van der Waals surface area contributed by atoms with Gasteiger partial charge in [-0.25, -0.2) is 9.78 Å². The van der Waals surface area contributed by atoms with Crippen LogP contribution in [-0.2, 0) is 11.2 Å². The van der Waals surface area contributed by atoms with E-state index in [1.54, 1.807) is 17.5 Å². The normalized spacial score (nSPS) is 10.6. The number of nitrogens with one attached hydrogen (secondary N) is 2. The van der Waals surface area contributed by atoms with Gasteiger partial charge in [0.05, 0.1) is 11.4 Å². The predicted molar refractivity (Wildman–Crippen MR) is 109 cm³/mol. The summed E-state index contributed by atoms with van der Waals surface area (Å²) >= 11 is 2.93. The molecule has 1 aromatic carbocycles. The molecule has 0 aliphatic heterocycles. The number of thioether (sulfide) groups is 1. The number of imidazole rings is 1. The third-order valence-electron chi connectivity index (χ3n) is 3.80. The monoisotopic (exact) mass is 400 g/mol. The van der Waals surface area contributed by atoms with Crippen molar-refractivity contribution in [1.82, 2.24) is 20.2 Å². The Bertz CT molecular complexity index is 906. The van der Waals surface area contributed by atoms with Crippen LogP contribution in [0.15, 0.2) is 59.3 Å². The standard InChI is InChI=1S/C19H20N4O2S2/c1-14-5-2-3-7-16(14)23-11-10-21-19(23)27-13-17(24)22-18(25)20-9-8-15-6-4-12-26-15/h2-7,10-12H,8-9,13H2,1H3,(H2,20,22,24,25). The molecule has 2 heterocycles. The van der Waals surface area contributed by atoms with Crippen molar-refractivity contribution in [3.8, 4) is 5.69 Å². The van der Waals surface area contributed by atoms with Crippen molar-refractivity contribution in [2.24, 2.45) is 0 Å². The number of urea groups is 1. The van der Waals surface area contributed by atoms with Gasteiger partial charge in [0.25, 0.3) is 0 Å². The highest BCUT2D eigenvalue weighted by atomic mass is 32.2. The number of benzene rings is 1. The molecule has 27 heavy (non-hydrogen) atoms. The highest BCUT2D eigenvalue weighted by Gasteiger charge is 2.12. The number of amides is 3. The predicted octanol–water partition coefficient (Wildman–Crippen LogP) is 3.40. The largest absolute Gasteiger partial charge is 0.337 e. The molecule has 0 bridgehead atoms. The zero-order valence-electron chi connectivity index (χ0n) is 14.8. The van der Waals surface area contributed by atoms with Crippen molar-refractivity contribution in [2.75, 3.05) is 12.3 Å². The summed E-state index contributed by atoms with van der Waals surface area (Å²) in [7, 11) is 0. The van der Waals surface area contributed by atoms with Crippen molar-refractivity contribution >= 4 is 35.0 Å². The van der Waals surface area contributed by atoms with Crippen molar-refractivity contribution < 1.29 is 9.59 Å². The van der Waals surface area contributed by atoms with Crippen molar-refractivity contribution in [2.45, 2.75) is 18.5 Å². The first-order valence-electron chi connectivity index (χ1n) is 8.45. The lowest BCUT2D eigenvalue weighted by molar-refractivity contribution is -0.117. The number of imide groups is 1. The molecule has 2 N–H and O–H groups in total. The third-order valence-corrected chi connectivity index (χ3v) is 5.71. The summed E-state index contributed by atoms with van der Waals surface area (Å²) in [6.45, 7) is 2.52. The lowest BCUT2D eigenvalue weighted by atomic mass is 10.2. The number of rotatable bonds is 7. The van der Waals surface area contributed by atoms with Gasteiger partial charge in [-0.05, 0) is 36.4 Å². The van der Waals surface area contributed by atoms with Crippen molar-refractivity contribution in [3.63, 3.8) is 0 Å². The molecule has 0 fully saturated rings. The minimum atomic E-state index is -0.473. The highest BCUT2D eigenvalue weighted by molar-refractivity contribution is 7.99. The topological polar surface area (TPSA) is 76.0 Å². The number of hydrogen-bond donors (Lipinski definition) is 2. The first kappa shape index (κ1) is 19.2. The van der Waals surface area contributed by atoms with Gasteiger partial charge in [0.2, 0.25) is 5.91 Å². The van der Waals surface area contributed by atoms with Crippen LogP contribution < -0.4 is 10.6 Å². The van der Waals surface area contributed by atoms with E-state index in [0.29, 0.717) is 11.7 Å². The Labute approximate surface area is 166 Å². The number of carbonyl (C=O) groups is 2. The molecule has 0 aliphatic carbocycles. The zero-order chi connectivity index (χ0) is 19.1. The fourth-order valence-electron chi connectivity index (χ4n) is 2.50.